The van der Waals surface area contributed by atoms with E-state index in [4.69, 9.17) is 9.47 Å². The summed E-state index contributed by atoms with van der Waals surface area (Å²) in [6.07, 6.45) is 4.99. The molecular weight excluding hydrogens is 282 g/mol. The fourth-order valence-electron chi connectivity index (χ4n) is 3.27. The summed E-state index contributed by atoms with van der Waals surface area (Å²) in [5.74, 6) is 0.927. The molecule has 1 aromatic heterocycles. The zero-order valence-corrected chi connectivity index (χ0v) is 13.2. The minimum atomic E-state index is -0.701. The lowest BCUT2D eigenvalue weighted by Crippen LogP contribution is -2.55. The van der Waals surface area contributed by atoms with Gasteiger partial charge >= 0.3 is 0 Å². The van der Waals surface area contributed by atoms with Gasteiger partial charge in [-0.3, -0.25) is 9.78 Å². The number of rotatable bonds is 2. The third kappa shape index (κ3) is 2.68. The van der Waals surface area contributed by atoms with E-state index in [-0.39, 0.29) is 5.91 Å². The second-order valence-corrected chi connectivity index (χ2v) is 5.97. The summed E-state index contributed by atoms with van der Waals surface area (Å²) in [6.45, 7) is 5.20. The summed E-state index contributed by atoms with van der Waals surface area (Å²) in [7, 11) is 1.64. The highest BCUT2D eigenvalue weighted by atomic mass is 16.5. The standard InChI is InChI=1S/C16H23N3O3/c1-12-9-18-10-13-11-19(7-8-22-14(12)13)15(20)16(21-2)3-5-17-6-4-16/h9-10,17H,3-8,11H2,1-2H3. The van der Waals surface area contributed by atoms with E-state index in [1.807, 2.05) is 11.8 Å². The molecular formula is C16H23N3O3. The fraction of sp³-hybridized carbons (Fsp3) is 0.625. The van der Waals surface area contributed by atoms with Gasteiger partial charge in [0.25, 0.3) is 5.91 Å². The number of carbonyl (C=O) groups is 1. The maximum absolute atomic E-state index is 13.1. The summed E-state index contributed by atoms with van der Waals surface area (Å²) >= 11 is 0. The molecule has 1 saturated heterocycles. The molecule has 3 rings (SSSR count). The quantitative estimate of drug-likeness (QED) is 0.879. The molecule has 0 atom stereocenters. The van der Waals surface area contributed by atoms with Crippen LogP contribution in [0.5, 0.6) is 5.75 Å². The van der Waals surface area contributed by atoms with Crippen molar-refractivity contribution in [1.29, 1.82) is 0 Å². The first-order valence-corrected chi connectivity index (χ1v) is 7.78. The van der Waals surface area contributed by atoms with Gasteiger partial charge in [-0.05, 0) is 32.9 Å². The van der Waals surface area contributed by atoms with Gasteiger partial charge < -0.3 is 19.7 Å². The summed E-state index contributed by atoms with van der Waals surface area (Å²) in [4.78, 5) is 19.1. The van der Waals surface area contributed by atoms with Crippen LogP contribution in [0.1, 0.15) is 24.0 Å². The number of nitrogens with one attached hydrogen (secondary N) is 1. The van der Waals surface area contributed by atoms with E-state index in [0.29, 0.717) is 32.5 Å². The average Bonchev–Trinajstić information content (AvgIpc) is 2.78. The number of aryl methyl sites for hydroxylation is 1. The van der Waals surface area contributed by atoms with Crippen molar-refractivity contribution in [3.05, 3.63) is 23.5 Å². The molecule has 0 unspecified atom stereocenters. The van der Waals surface area contributed by atoms with E-state index in [1.54, 1.807) is 19.5 Å². The topological polar surface area (TPSA) is 63.7 Å². The Morgan fingerprint density at radius 3 is 2.91 bits per heavy atom. The maximum Gasteiger partial charge on any atom is 0.255 e. The number of hydrogen-bond donors (Lipinski definition) is 1. The Morgan fingerprint density at radius 1 is 1.41 bits per heavy atom. The molecule has 120 valence electrons. The van der Waals surface area contributed by atoms with Gasteiger partial charge in [0, 0.05) is 30.6 Å². The zero-order valence-electron chi connectivity index (χ0n) is 13.2. The number of hydrogen-bond acceptors (Lipinski definition) is 5. The van der Waals surface area contributed by atoms with Gasteiger partial charge in [0.15, 0.2) is 0 Å². The monoisotopic (exact) mass is 305 g/mol. The minimum absolute atomic E-state index is 0.0643. The molecule has 0 bridgehead atoms. The Morgan fingerprint density at radius 2 is 2.18 bits per heavy atom. The Kier molecular flexibility index (Phi) is 4.31. The van der Waals surface area contributed by atoms with Crippen molar-refractivity contribution in [2.75, 3.05) is 33.4 Å². The Labute approximate surface area is 130 Å². The molecule has 0 aliphatic carbocycles. The molecule has 0 radical (unpaired) electrons. The second-order valence-electron chi connectivity index (χ2n) is 5.97. The van der Waals surface area contributed by atoms with E-state index >= 15 is 0 Å². The molecule has 1 amide bonds. The Balaban J connectivity index is 1.84. The van der Waals surface area contributed by atoms with Crippen molar-refractivity contribution < 1.29 is 14.3 Å². The van der Waals surface area contributed by atoms with Crippen molar-refractivity contribution in [1.82, 2.24) is 15.2 Å². The zero-order chi connectivity index (χ0) is 15.6. The Hall–Kier alpha value is -1.66. The van der Waals surface area contributed by atoms with Crippen LogP contribution in [0.15, 0.2) is 12.4 Å². The number of aromatic nitrogens is 1. The predicted molar refractivity (Wildman–Crippen MR) is 81.7 cm³/mol. The lowest BCUT2D eigenvalue weighted by atomic mass is 9.90. The molecule has 1 aromatic rings. The molecule has 6 heteroatoms. The molecule has 0 saturated carbocycles. The van der Waals surface area contributed by atoms with Gasteiger partial charge in [-0.15, -0.1) is 0 Å². The van der Waals surface area contributed by atoms with Crippen molar-refractivity contribution in [3.63, 3.8) is 0 Å². The van der Waals surface area contributed by atoms with E-state index in [9.17, 15) is 4.79 Å². The van der Waals surface area contributed by atoms with Gasteiger partial charge in [-0.25, -0.2) is 0 Å². The first-order chi connectivity index (χ1) is 10.7. The number of ether oxygens (including phenoxy) is 2. The van der Waals surface area contributed by atoms with Crippen LogP contribution in [-0.2, 0) is 16.1 Å². The van der Waals surface area contributed by atoms with Crippen LogP contribution in [0.3, 0.4) is 0 Å². The van der Waals surface area contributed by atoms with Crippen LogP contribution in [-0.4, -0.2) is 54.7 Å². The van der Waals surface area contributed by atoms with Crippen LogP contribution in [0.2, 0.25) is 0 Å². The highest BCUT2D eigenvalue weighted by molar-refractivity contribution is 5.85. The van der Waals surface area contributed by atoms with Crippen molar-refractivity contribution in [3.8, 4) is 5.75 Å². The normalized spacial score (nSPS) is 20.7. The summed E-state index contributed by atoms with van der Waals surface area (Å²) in [5.41, 5.74) is 1.27. The SMILES string of the molecule is COC1(C(=O)N2CCOc3c(C)cncc3C2)CCNCC1. The third-order valence-corrected chi connectivity index (χ3v) is 4.60. The lowest BCUT2D eigenvalue weighted by Gasteiger charge is -2.38. The summed E-state index contributed by atoms with van der Waals surface area (Å²) in [6, 6.07) is 0. The Bertz CT molecular complexity index is 556. The van der Waals surface area contributed by atoms with Crippen LogP contribution in [0, 0.1) is 6.92 Å². The molecule has 0 aromatic carbocycles. The van der Waals surface area contributed by atoms with E-state index < -0.39 is 5.60 Å². The molecule has 3 heterocycles. The summed E-state index contributed by atoms with van der Waals surface area (Å²) in [5, 5.41) is 3.28. The highest BCUT2D eigenvalue weighted by Gasteiger charge is 2.42. The van der Waals surface area contributed by atoms with E-state index in [2.05, 4.69) is 10.3 Å². The first kappa shape index (κ1) is 15.2. The van der Waals surface area contributed by atoms with Gasteiger partial charge in [-0.1, -0.05) is 0 Å². The number of fused-ring (bicyclic) bond motifs is 1. The third-order valence-electron chi connectivity index (χ3n) is 4.60. The molecule has 2 aliphatic rings. The molecule has 1 fully saturated rings. The number of pyridine rings is 1. The fourth-order valence-corrected chi connectivity index (χ4v) is 3.27. The average molecular weight is 305 g/mol. The first-order valence-electron chi connectivity index (χ1n) is 7.78. The number of methoxy groups -OCH3 is 1. The smallest absolute Gasteiger partial charge is 0.255 e. The maximum atomic E-state index is 13.1. The van der Waals surface area contributed by atoms with Crippen molar-refractivity contribution in [2.24, 2.45) is 0 Å². The molecule has 22 heavy (non-hydrogen) atoms. The van der Waals surface area contributed by atoms with Crippen LogP contribution in [0.25, 0.3) is 0 Å². The van der Waals surface area contributed by atoms with Crippen LogP contribution >= 0.6 is 0 Å². The van der Waals surface area contributed by atoms with Crippen LogP contribution < -0.4 is 10.1 Å². The highest BCUT2D eigenvalue weighted by Crippen LogP contribution is 2.30. The number of amides is 1. The van der Waals surface area contributed by atoms with Gasteiger partial charge in [0.05, 0.1) is 13.1 Å². The second kappa shape index (κ2) is 6.22. The number of piperidine rings is 1. The lowest BCUT2D eigenvalue weighted by molar-refractivity contribution is -0.159. The van der Waals surface area contributed by atoms with Gasteiger partial charge in [0.2, 0.25) is 0 Å². The number of carbonyl (C=O) groups excluding carboxylic acids is 1. The van der Waals surface area contributed by atoms with Crippen molar-refractivity contribution >= 4 is 5.91 Å². The molecule has 1 N–H and O–H groups in total. The molecule has 0 spiro atoms. The summed E-state index contributed by atoms with van der Waals surface area (Å²) < 4.78 is 11.5. The van der Waals surface area contributed by atoms with Crippen LogP contribution in [0.4, 0.5) is 0 Å². The van der Waals surface area contributed by atoms with E-state index in [1.165, 1.54) is 0 Å². The largest absolute Gasteiger partial charge is 0.491 e. The predicted octanol–water partition coefficient (Wildman–Crippen LogP) is 0.880. The minimum Gasteiger partial charge on any atom is -0.491 e. The van der Waals surface area contributed by atoms with Crippen molar-refractivity contribution in [2.45, 2.75) is 31.9 Å². The number of nitrogens with zero attached hydrogens (tertiary/aromatic N) is 2. The molecule has 6 nitrogen and oxygen atoms in total. The van der Waals surface area contributed by atoms with E-state index in [0.717, 1.165) is 30.0 Å². The van der Waals surface area contributed by atoms with Gasteiger partial charge in [0.1, 0.15) is 18.0 Å². The molecule has 2 aliphatic heterocycles. The van der Waals surface area contributed by atoms with Gasteiger partial charge in [-0.2, -0.15) is 0 Å².